The fourth-order valence-electron chi connectivity index (χ4n) is 1.90. The topological polar surface area (TPSA) is 266 Å². The molecule has 15 heteroatoms. The van der Waals surface area contributed by atoms with E-state index in [4.69, 9.17) is 52.9 Å². The fourth-order valence-corrected chi connectivity index (χ4v) is 1.90. The van der Waals surface area contributed by atoms with Gasteiger partial charge >= 0.3 is 11.9 Å². The second kappa shape index (κ2) is 23.3. The normalized spacial score (nSPS) is 12.5. The minimum absolute atomic E-state index is 0.0129. The van der Waals surface area contributed by atoms with E-state index in [-0.39, 0.29) is 32.2 Å². The number of aliphatic imine (C=N–C) groups is 1. The van der Waals surface area contributed by atoms with E-state index < -0.39 is 30.2 Å². The van der Waals surface area contributed by atoms with Crippen LogP contribution >= 0.6 is 0 Å². The highest BCUT2D eigenvalue weighted by atomic mass is 16.4. The Kier molecular flexibility index (Phi) is 26.6. The van der Waals surface area contributed by atoms with Crippen LogP contribution in [0.4, 0.5) is 0 Å². The van der Waals surface area contributed by atoms with E-state index in [9.17, 15) is 9.59 Å². The van der Waals surface area contributed by atoms with Crippen molar-refractivity contribution in [1.29, 1.82) is 0 Å². The molecule has 2 unspecified atom stereocenters. The second-order valence-corrected chi connectivity index (χ2v) is 9.87. The number of aliphatic carboxylic acids is 2. The number of hydrogen-bond acceptors (Lipinski definition) is 9. The fraction of sp³-hybridized carbons (Fsp3) is 0.857. The Balaban J connectivity index is -0.000000197. The van der Waals surface area contributed by atoms with Crippen LogP contribution in [0.3, 0.4) is 0 Å². The number of rotatable bonds is 13. The first-order valence-electron chi connectivity index (χ1n) is 11.3. The zero-order valence-electron chi connectivity index (χ0n) is 22.6. The third-order valence-corrected chi connectivity index (χ3v) is 3.65. The van der Waals surface area contributed by atoms with Gasteiger partial charge in [0.15, 0.2) is 5.96 Å². The molecule has 0 aromatic heterocycles. The number of carboxylic acids is 2. The van der Waals surface area contributed by atoms with E-state index in [0.717, 1.165) is 11.0 Å². The molecule has 13 N–H and O–H groups in total. The SMILES string of the molecule is C[N+](C)(C)CC(O)CC(=O)O.C[N+](C)(C)CCO.NC(N)=NCCCC(N)C(=O)O.OCC(O)CO. The Morgan fingerprint density at radius 2 is 1.33 bits per heavy atom. The predicted molar refractivity (Wildman–Crippen MR) is 137 cm³/mol. The maximum absolute atomic E-state index is 10.2. The number of nitrogens with zero attached hydrogens (tertiary/aromatic N) is 3. The highest BCUT2D eigenvalue weighted by Crippen LogP contribution is 1.98. The lowest BCUT2D eigenvalue weighted by Gasteiger charge is -2.25. The van der Waals surface area contributed by atoms with E-state index in [2.05, 4.69) is 26.1 Å². The van der Waals surface area contributed by atoms with E-state index in [1.165, 1.54) is 0 Å². The Morgan fingerprint density at radius 3 is 1.56 bits per heavy atom. The van der Waals surface area contributed by atoms with Gasteiger partial charge in [-0.25, -0.2) is 0 Å². The summed E-state index contributed by atoms with van der Waals surface area (Å²) in [5.41, 5.74) is 15.3. The molecule has 218 valence electrons. The second-order valence-electron chi connectivity index (χ2n) is 9.87. The number of guanidine groups is 1. The van der Waals surface area contributed by atoms with Gasteiger partial charge < -0.3 is 61.9 Å². The van der Waals surface area contributed by atoms with Crippen molar-refractivity contribution < 1.29 is 54.3 Å². The zero-order valence-corrected chi connectivity index (χ0v) is 22.6. The number of likely N-dealkylation sites (N-methyl/N-ethyl adjacent to an activating group) is 2. The quantitative estimate of drug-likeness (QED) is 0.0470. The molecule has 36 heavy (non-hydrogen) atoms. The molecule has 2 atom stereocenters. The summed E-state index contributed by atoms with van der Waals surface area (Å²) in [6.45, 7) is 1.27. The maximum Gasteiger partial charge on any atom is 0.320 e. The van der Waals surface area contributed by atoms with Gasteiger partial charge in [-0.3, -0.25) is 14.6 Å². The van der Waals surface area contributed by atoms with Crippen LogP contribution in [0.5, 0.6) is 0 Å². The molecule has 0 aliphatic carbocycles. The summed E-state index contributed by atoms with van der Waals surface area (Å²) in [6, 6.07) is -0.820. The van der Waals surface area contributed by atoms with Gasteiger partial charge in [0.2, 0.25) is 0 Å². The maximum atomic E-state index is 10.2. The third kappa shape index (κ3) is 45.4. The van der Waals surface area contributed by atoms with Crippen LogP contribution in [0.25, 0.3) is 0 Å². The summed E-state index contributed by atoms with van der Waals surface area (Å²) in [4.78, 5) is 24.0. The van der Waals surface area contributed by atoms with Crippen molar-refractivity contribution in [2.75, 3.05) is 81.7 Å². The van der Waals surface area contributed by atoms with Gasteiger partial charge in [-0.05, 0) is 12.8 Å². The van der Waals surface area contributed by atoms with Crippen LogP contribution in [0.15, 0.2) is 4.99 Å². The number of carbonyl (C=O) groups is 2. The standard InChI is InChI=1S/C7H15NO3.C6H14N4O2.C5H14NO.C3H8O3/c1-8(2,3)5-6(9)4-7(10)11;7-4(5(11)12)2-1-3-10-6(8)9;1-6(2,3)4-5-7;4-1-3(6)2-5/h6,9H,4-5H2,1-3H3;4H,1-3,7H2,(H,11,12)(H4,8,9,10);7H,4-5H2,1-3H3;3-6H,1-2H2/q;;+1;/p+1. The number of hydrogen-bond donors (Lipinski definition) is 10. The Morgan fingerprint density at radius 1 is 0.861 bits per heavy atom. The molecule has 0 aliphatic rings. The Hall–Kier alpha value is -2.11. The van der Waals surface area contributed by atoms with Crippen molar-refractivity contribution >= 4 is 17.9 Å². The molecular formula is C21H52N6O9+2. The van der Waals surface area contributed by atoms with Gasteiger partial charge in [-0.1, -0.05) is 0 Å². The lowest BCUT2D eigenvalue weighted by Crippen LogP contribution is -2.42. The summed E-state index contributed by atoms with van der Waals surface area (Å²) in [7, 11) is 11.9. The molecule has 0 amide bonds. The number of carboxylic acid groups (broad SMARTS) is 2. The molecular weight excluding hydrogens is 480 g/mol. The van der Waals surface area contributed by atoms with Gasteiger partial charge in [-0.15, -0.1) is 0 Å². The van der Waals surface area contributed by atoms with Gasteiger partial charge in [0.25, 0.3) is 0 Å². The first-order valence-corrected chi connectivity index (χ1v) is 11.3. The van der Waals surface area contributed by atoms with E-state index >= 15 is 0 Å². The van der Waals surface area contributed by atoms with Gasteiger partial charge in [0.1, 0.15) is 31.3 Å². The average molecular weight is 533 g/mol. The number of aliphatic hydroxyl groups is 5. The summed E-state index contributed by atoms with van der Waals surface area (Å²) >= 11 is 0. The lowest BCUT2D eigenvalue weighted by atomic mass is 10.2. The van der Waals surface area contributed by atoms with Crippen molar-refractivity contribution in [3.05, 3.63) is 0 Å². The Labute approximate surface area is 214 Å². The molecule has 0 radical (unpaired) electrons. The van der Waals surface area contributed by atoms with Crippen molar-refractivity contribution in [3.8, 4) is 0 Å². The zero-order chi connectivity index (χ0) is 29.5. The molecule has 0 aliphatic heterocycles. The molecule has 0 fully saturated rings. The monoisotopic (exact) mass is 532 g/mol. The Bertz CT molecular complexity index is 573. The van der Waals surface area contributed by atoms with Crippen LogP contribution in [0.2, 0.25) is 0 Å². The minimum atomic E-state index is -1.00. The molecule has 0 rings (SSSR count). The van der Waals surface area contributed by atoms with Gasteiger partial charge in [0.05, 0.1) is 68.5 Å². The van der Waals surface area contributed by atoms with E-state index in [1.54, 1.807) is 0 Å². The highest BCUT2D eigenvalue weighted by Gasteiger charge is 2.17. The largest absolute Gasteiger partial charge is 0.481 e. The lowest BCUT2D eigenvalue weighted by molar-refractivity contribution is -0.873. The average Bonchev–Trinajstić information content (AvgIpc) is 2.68. The van der Waals surface area contributed by atoms with E-state index in [1.807, 2.05) is 21.1 Å². The van der Waals surface area contributed by atoms with Crippen molar-refractivity contribution in [1.82, 2.24) is 0 Å². The summed E-state index contributed by atoms with van der Waals surface area (Å²) < 4.78 is 1.42. The van der Waals surface area contributed by atoms with Gasteiger partial charge in [0, 0.05) is 6.54 Å². The molecule has 0 aromatic rings. The summed E-state index contributed by atoms with van der Waals surface area (Å²) in [5, 5.41) is 58.3. The van der Waals surface area contributed by atoms with Crippen molar-refractivity contribution in [2.24, 2.45) is 22.2 Å². The molecule has 0 spiro atoms. The molecule has 0 heterocycles. The number of aliphatic hydroxyl groups excluding tert-OH is 5. The third-order valence-electron chi connectivity index (χ3n) is 3.65. The highest BCUT2D eigenvalue weighted by molar-refractivity contribution is 5.75. The molecule has 0 saturated carbocycles. The predicted octanol–water partition coefficient (Wildman–Crippen LogP) is -4.00. The summed E-state index contributed by atoms with van der Waals surface area (Å²) in [6.07, 6.45) is -0.912. The molecule has 15 nitrogen and oxygen atoms in total. The van der Waals surface area contributed by atoms with Crippen LogP contribution in [-0.2, 0) is 9.59 Å². The van der Waals surface area contributed by atoms with Crippen LogP contribution in [0, 0.1) is 0 Å². The molecule has 0 bridgehead atoms. The number of quaternary nitrogens is 2. The first-order chi connectivity index (χ1) is 16.2. The van der Waals surface area contributed by atoms with Crippen LogP contribution < -0.4 is 17.2 Å². The van der Waals surface area contributed by atoms with Crippen molar-refractivity contribution in [2.45, 2.75) is 37.5 Å². The first kappa shape index (κ1) is 41.0. The number of nitrogens with two attached hydrogens (primary N) is 3. The van der Waals surface area contributed by atoms with Crippen molar-refractivity contribution in [3.63, 3.8) is 0 Å². The van der Waals surface area contributed by atoms with Gasteiger partial charge in [-0.2, -0.15) is 0 Å². The molecule has 0 saturated heterocycles. The van der Waals surface area contributed by atoms with Crippen LogP contribution in [0.1, 0.15) is 19.3 Å². The smallest absolute Gasteiger partial charge is 0.320 e. The summed E-state index contributed by atoms with van der Waals surface area (Å²) in [5.74, 6) is -1.94. The minimum Gasteiger partial charge on any atom is -0.481 e. The van der Waals surface area contributed by atoms with E-state index in [0.29, 0.717) is 30.4 Å². The molecule has 0 aromatic carbocycles. The van der Waals surface area contributed by atoms with Crippen LogP contribution in [-0.4, -0.2) is 163 Å².